The lowest BCUT2D eigenvalue weighted by molar-refractivity contribution is -0.127. The highest BCUT2D eigenvalue weighted by molar-refractivity contribution is 6.08. The van der Waals surface area contributed by atoms with E-state index < -0.39 is 11.9 Å². The molecule has 0 saturated carbocycles. The van der Waals surface area contributed by atoms with Crippen molar-refractivity contribution >= 4 is 17.6 Å². The Morgan fingerprint density at radius 1 is 1.00 bits per heavy atom. The van der Waals surface area contributed by atoms with Crippen molar-refractivity contribution in [1.82, 2.24) is 5.32 Å². The van der Waals surface area contributed by atoms with Crippen LogP contribution in [0.4, 0.5) is 0 Å². The van der Waals surface area contributed by atoms with Crippen molar-refractivity contribution in [3.05, 3.63) is 83.4 Å². The smallest absolute Gasteiger partial charge is 0.240 e. The predicted octanol–water partition coefficient (Wildman–Crippen LogP) is 3.57. The first kappa shape index (κ1) is 21.5. The van der Waals surface area contributed by atoms with Gasteiger partial charge in [0.25, 0.3) is 0 Å². The number of carbonyl (C=O) groups is 3. The molecule has 156 valence electrons. The second-order valence-corrected chi connectivity index (χ2v) is 7.78. The zero-order valence-corrected chi connectivity index (χ0v) is 17.1. The normalized spacial score (nSPS) is 16.6. The Morgan fingerprint density at radius 2 is 1.70 bits per heavy atom. The van der Waals surface area contributed by atoms with Crippen LogP contribution in [-0.4, -0.2) is 23.6 Å². The Hall–Kier alpha value is -3.21. The van der Waals surface area contributed by atoms with Gasteiger partial charge in [-0.15, -0.1) is 0 Å². The summed E-state index contributed by atoms with van der Waals surface area (Å²) in [5, 5.41) is 2.76. The molecule has 2 aromatic carbocycles. The molecule has 5 nitrogen and oxygen atoms in total. The number of allylic oxidation sites excluding steroid dienone is 2. The number of hydrogen-bond donors (Lipinski definition) is 2. The lowest BCUT2D eigenvalue weighted by Crippen LogP contribution is -2.45. The fraction of sp³-hybridized carbons (Fsp3) is 0.320. The van der Waals surface area contributed by atoms with E-state index >= 15 is 0 Å². The topological polar surface area (TPSA) is 89.3 Å². The average Bonchev–Trinajstić information content (AvgIpc) is 2.78. The lowest BCUT2D eigenvalue weighted by atomic mass is 9.92. The highest BCUT2D eigenvalue weighted by Gasteiger charge is 2.20. The van der Waals surface area contributed by atoms with Gasteiger partial charge in [-0.25, -0.2) is 0 Å². The number of carbonyl (C=O) groups excluding carboxylic acids is 3. The maximum Gasteiger partial charge on any atom is 0.240 e. The SMILES string of the molecule is NC(=O)[C@@H](Cc1ccc(C(=O)c2ccccc2)cc1)NC(=O)CC[C@H]1C=CCCC1. The molecule has 30 heavy (non-hydrogen) atoms. The molecule has 0 saturated heterocycles. The number of amides is 2. The molecule has 3 N–H and O–H groups in total. The van der Waals surface area contributed by atoms with Crippen LogP contribution in [0.25, 0.3) is 0 Å². The Balaban J connectivity index is 1.56. The summed E-state index contributed by atoms with van der Waals surface area (Å²) in [4.78, 5) is 36.7. The van der Waals surface area contributed by atoms with Crippen LogP contribution >= 0.6 is 0 Å². The molecule has 0 spiro atoms. The number of rotatable bonds is 9. The summed E-state index contributed by atoms with van der Waals surface area (Å²) in [6.07, 6.45) is 9.19. The Morgan fingerprint density at radius 3 is 2.33 bits per heavy atom. The van der Waals surface area contributed by atoms with Crippen LogP contribution in [0.5, 0.6) is 0 Å². The van der Waals surface area contributed by atoms with Crippen LogP contribution in [-0.2, 0) is 16.0 Å². The third-order valence-corrected chi connectivity index (χ3v) is 5.47. The average molecular weight is 405 g/mol. The van der Waals surface area contributed by atoms with Crippen molar-refractivity contribution in [2.75, 3.05) is 0 Å². The molecular formula is C25H28N2O3. The standard InChI is InChI=1S/C25H28N2O3/c26-25(30)22(27-23(28)16-13-18-7-3-1-4-8-18)17-19-11-14-21(15-12-19)24(29)20-9-5-2-6-10-20/h2-3,5-7,9-12,14-15,18,22H,1,4,8,13,16-17H2,(H2,26,30)(H,27,28)/t18-,22+/m0/s1. The molecule has 0 bridgehead atoms. The van der Waals surface area contributed by atoms with Crippen LogP contribution < -0.4 is 11.1 Å². The molecule has 2 amide bonds. The maximum absolute atomic E-state index is 12.5. The molecule has 0 radical (unpaired) electrons. The Kier molecular flexibility index (Phi) is 7.55. The van der Waals surface area contributed by atoms with E-state index in [1.54, 1.807) is 36.4 Å². The van der Waals surface area contributed by atoms with Crippen LogP contribution in [0, 0.1) is 5.92 Å². The molecule has 2 aromatic rings. The fourth-order valence-corrected chi connectivity index (χ4v) is 3.71. The van der Waals surface area contributed by atoms with Gasteiger partial charge in [0.2, 0.25) is 11.8 Å². The second kappa shape index (κ2) is 10.5. The molecule has 5 heteroatoms. The highest BCUT2D eigenvalue weighted by Crippen LogP contribution is 2.21. The van der Waals surface area contributed by atoms with Crippen molar-refractivity contribution in [2.24, 2.45) is 11.7 Å². The molecule has 2 atom stereocenters. The minimum atomic E-state index is -0.768. The zero-order chi connectivity index (χ0) is 21.3. The molecule has 1 aliphatic rings. The maximum atomic E-state index is 12.5. The van der Waals surface area contributed by atoms with Gasteiger partial charge in [-0.05, 0) is 37.2 Å². The van der Waals surface area contributed by atoms with Gasteiger partial charge in [-0.2, -0.15) is 0 Å². The molecular weight excluding hydrogens is 376 g/mol. The molecule has 0 unspecified atom stereocenters. The molecule has 1 aliphatic carbocycles. The third-order valence-electron chi connectivity index (χ3n) is 5.47. The second-order valence-electron chi connectivity index (χ2n) is 7.78. The lowest BCUT2D eigenvalue weighted by Gasteiger charge is -2.18. The summed E-state index contributed by atoms with van der Waals surface area (Å²) in [5.41, 5.74) is 7.54. The van der Waals surface area contributed by atoms with E-state index in [-0.39, 0.29) is 11.7 Å². The first-order valence-electron chi connectivity index (χ1n) is 10.5. The Bertz CT molecular complexity index is 904. The number of primary amides is 1. The van der Waals surface area contributed by atoms with Crippen LogP contribution in [0.15, 0.2) is 66.7 Å². The van der Waals surface area contributed by atoms with Crippen molar-refractivity contribution < 1.29 is 14.4 Å². The first-order valence-corrected chi connectivity index (χ1v) is 10.5. The van der Waals surface area contributed by atoms with Crippen molar-refractivity contribution in [3.63, 3.8) is 0 Å². The van der Waals surface area contributed by atoms with E-state index in [9.17, 15) is 14.4 Å². The molecule has 0 aromatic heterocycles. The van der Waals surface area contributed by atoms with Crippen LogP contribution in [0.1, 0.15) is 53.6 Å². The number of hydrogen-bond acceptors (Lipinski definition) is 3. The van der Waals surface area contributed by atoms with E-state index in [2.05, 4.69) is 17.5 Å². The summed E-state index contributed by atoms with van der Waals surface area (Å²) < 4.78 is 0. The monoisotopic (exact) mass is 404 g/mol. The van der Waals surface area contributed by atoms with Crippen molar-refractivity contribution in [3.8, 4) is 0 Å². The van der Waals surface area contributed by atoms with E-state index in [0.717, 1.165) is 31.2 Å². The van der Waals surface area contributed by atoms with Gasteiger partial charge in [0.15, 0.2) is 5.78 Å². The molecule has 0 heterocycles. The number of ketones is 1. The number of nitrogens with one attached hydrogen (secondary N) is 1. The molecule has 0 fully saturated rings. The quantitative estimate of drug-likeness (QED) is 0.495. The summed E-state index contributed by atoms with van der Waals surface area (Å²) >= 11 is 0. The van der Waals surface area contributed by atoms with Gasteiger partial charge < -0.3 is 11.1 Å². The number of benzene rings is 2. The fourth-order valence-electron chi connectivity index (χ4n) is 3.71. The predicted molar refractivity (Wildman–Crippen MR) is 117 cm³/mol. The van der Waals surface area contributed by atoms with Gasteiger partial charge in [0.1, 0.15) is 6.04 Å². The summed E-state index contributed by atoms with van der Waals surface area (Å²) in [5.74, 6) is -0.344. The van der Waals surface area contributed by atoms with E-state index in [4.69, 9.17) is 5.73 Å². The van der Waals surface area contributed by atoms with Gasteiger partial charge in [0, 0.05) is 24.0 Å². The first-order chi connectivity index (χ1) is 14.5. The third kappa shape index (κ3) is 6.14. The van der Waals surface area contributed by atoms with Gasteiger partial charge in [0.05, 0.1) is 0 Å². The van der Waals surface area contributed by atoms with Crippen LogP contribution in [0.3, 0.4) is 0 Å². The summed E-state index contributed by atoms with van der Waals surface area (Å²) in [6, 6.07) is 15.4. The summed E-state index contributed by atoms with van der Waals surface area (Å²) in [7, 11) is 0. The molecule has 0 aliphatic heterocycles. The largest absolute Gasteiger partial charge is 0.368 e. The van der Waals surface area contributed by atoms with Crippen molar-refractivity contribution in [2.45, 2.75) is 44.6 Å². The van der Waals surface area contributed by atoms with E-state index in [1.165, 1.54) is 0 Å². The Labute approximate surface area is 177 Å². The minimum Gasteiger partial charge on any atom is -0.368 e. The minimum absolute atomic E-state index is 0.0568. The van der Waals surface area contributed by atoms with Crippen molar-refractivity contribution in [1.29, 1.82) is 0 Å². The number of nitrogens with two attached hydrogens (primary N) is 1. The van der Waals surface area contributed by atoms with Crippen LogP contribution in [0.2, 0.25) is 0 Å². The molecule has 3 rings (SSSR count). The van der Waals surface area contributed by atoms with Gasteiger partial charge in [-0.1, -0.05) is 66.7 Å². The van der Waals surface area contributed by atoms with E-state index in [0.29, 0.717) is 29.9 Å². The van der Waals surface area contributed by atoms with E-state index in [1.807, 2.05) is 18.2 Å². The highest BCUT2D eigenvalue weighted by atomic mass is 16.2. The summed E-state index contributed by atoms with van der Waals surface area (Å²) in [6.45, 7) is 0. The van der Waals surface area contributed by atoms with Gasteiger partial charge >= 0.3 is 0 Å². The zero-order valence-electron chi connectivity index (χ0n) is 17.1. The van der Waals surface area contributed by atoms with Gasteiger partial charge in [-0.3, -0.25) is 14.4 Å².